The van der Waals surface area contributed by atoms with Crippen LogP contribution in [0, 0.1) is 5.92 Å². The third-order valence-electron chi connectivity index (χ3n) is 17.5. The minimum Gasteiger partial charge on any atom is -0.481 e. The third kappa shape index (κ3) is 12.7. The molecule has 1 N–H and O–H groups in total. The largest absolute Gasteiger partial charge is 0.481 e. The highest BCUT2D eigenvalue weighted by Crippen LogP contribution is 2.49. The third-order valence-corrected chi connectivity index (χ3v) is 29.7. The number of sulfone groups is 1. The van der Waals surface area contributed by atoms with Crippen LogP contribution in [0.2, 0.25) is 10.1 Å². The van der Waals surface area contributed by atoms with Gasteiger partial charge in [-0.2, -0.15) is 0 Å². The van der Waals surface area contributed by atoms with Gasteiger partial charge in [-0.25, -0.2) is 8.42 Å². The average Bonchev–Trinajstić information content (AvgIpc) is 2.91. The van der Waals surface area contributed by atoms with E-state index < -0.39 is 108 Å². The number of carbonyl (C=O) groups excluding carboxylic acids is 1. The van der Waals surface area contributed by atoms with Crippen molar-refractivity contribution in [2.75, 3.05) is 0 Å². The minimum atomic E-state index is -4.32. The van der Waals surface area contributed by atoms with Crippen LogP contribution in [0.15, 0.2) is 187 Å². The Labute approximate surface area is 489 Å². The molecule has 0 radical (unpaired) electrons. The topological polar surface area (TPSA) is 144 Å². The Hall–Kier alpha value is -5.36. The number of fused-ring (bicyclic) bond motifs is 2. The zero-order valence-electron chi connectivity index (χ0n) is 49.1. The maximum Gasteiger partial charge on any atom is 0.305 e. The number of aliphatic carboxylic acids is 1. The first-order valence-electron chi connectivity index (χ1n) is 29.3. The second kappa shape index (κ2) is 25.5. The summed E-state index contributed by atoms with van der Waals surface area (Å²) in [5.41, 5.74) is 4.98. The van der Waals surface area contributed by atoms with Crippen molar-refractivity contribution in [1.82, 2.24) is 0 Å². The summed E-state index contributed by atoms with van der Waals surface area (Å²) in [6.07, 6.45) is -4.43. The molecule has 12 atom stereocenters. The van der Waals surface area contributed by atoms with Crippen molar-refractivity contribution in [2.45, 2.75) is 194 Å². The van der Waals surface area contributed by atoms with E-state index in [1.807, 2.05) is 79.7 Å². The quantitative estimate of drug-likeness (QED) is 0.0402. The summed E-state index contributed by atoms with van der Waals surface area (Å²) in [5, 5.41) is 11.7. The molecule has 0 spiro atoms. The Morgan fingerprint density at radius 2 is 1.13 bits per heavy atom. The number of carboxylic acids is 1. The first-order chi connectivity index (χ1) is 39.1. The van der Waals surface area contributed by atoms with Crippen LogP contribution in [-0.2, 0) is 47.2 Å². The van der Waals surface area contributed by atoms with Crippen molar-refractivity contribution in [3.63, 3.8) is 0 Å². The number of ether oxygens (including phenoxy) is 4. The average molecular weight is 1170 g/mol. The highest BCUT2D eigenvalue weighted by atomic mass is 32.2. The van der Waals surface area contributed by atoms with Crippen LogP contribution in [0.5, 0.6) is 0 Å². The summed E-state index contributed by atoms with van der Waals surface area (Å²) in [5.74, 6) is -1.14. The fourth-order valence-electron chi connectivity index (χ4n) is 13.6. The summed E-state index contributed by atoms with van der Waals surface area (Å²) in [4.78, 5) is 28.4. The lowest BCUT2D eigenvalue weighted by molar-refractivity contribution is -0.255. The zero-order chi connectivity index (χ0) is 58.6. The van der Waals surface area contributed by atoms with Gasteiger partial charge in [-0.15, -0.1) is 5.73 Å². The molecule has 5 aromatic rings. The van der Waals surface area contributed by atoms with Gasteiger partial charge in [0.2, 0.25) is 0 Å². The van der Waals surface area contributed by atoms with Gasteiger partial charge in [-0.05, 0) is 112 Å². The molecule has 436 valence electrons. The van der Waals surface area contributed by atoms with E-state index in [2.05, 4.69) is 116 Å². The summed E-state index contributed by atoms with van der Waals surface area (Å²) in [6.45, 7) is 25.6. The number of benzene rings is 5. The van der Waals surface area contributed by atoms with E-state index in [1.54, 1.807) is 30.3 Å². The first-order valence-corrected chi connectivity index (χ1v) is 34.7. The number of hydrogen-bond acceptors (Lipinski definition) is 10. The monoisotopic (exact) mass is 1160 g/mol. The van der Waals surface area contributed by atoms with E-state index in [9.17, 15) is 9.90 Å². The molecule has 0 amide bonds. The molecule has 4 aliphatic heterocycles. The van der Waals surface area contributed by atoms with Crippen molar-refractivity contribution in [2.24, 2.45) is 5.92 Å². The van der Waals surface area contributed by atoms with E-state index >= 15 is 13.2 Å². The number of allylic oxidation sites excluding steroid dienone is 1. The highest BCUT2D eigenvalue weighted by Gasteiger charge is 2.65. The molecular weight excluding hydrogens is 1080 g/mol. The van der Waals surface area contributed by atoms with Crippen molar-refractivity contribution in [1.29, 1.82) is 0 Å². The fourth-order valence-corrected chi connectivity index (χ4v) is 24.8. The van der Waals surface area contributed by atoms with Crippen molar-refractivity contribution < 1.29 is 50.9 Å². The molecule has 4 fully saturated rings. The molecule has 3 unspecified atom stereocenters. The molecule has 5 aromatic carbocycles. The number of carboxylic acid groups (broad SMARTS) is 1. The van der Waals surface area contributed by atoms with Crippen molar-refractivity contribution in [3.8, 4) is 0 Å². The number of rotatable bonds is 22. The van der Waals surface area contributed by atoms with Gasteiger partial charge in [0, 0.05) is 6.42 Å². The lowest BCUT2D eigenvalue weighted by Crippen LogP contribution is -2.73. The zero-order valence-corrected chi connectivity index (χ0v) is 51.9. The molecule has 14 heteroatoms. The van der Waals surface area contributed by atoms with Gasteiger partial charge in [0.15, 0.2) is 15.6 Å². The molecule has 82 heavy (non-hydrogen) atoms. The Morgan fingerprint density at radius 1 is 0.659 bits per heavy atom. The van der Waals surface area contributed by atoms with Crippen LogP contribution < -0.4 is 20.7 Å². The fraction of sp³-hybridized carbons (Fsp3) is 0.456. The predicted octanol–water partition coefficient (Wildman–Crippen LogP) is 10.9. The molecule has 0 aliphatic carbocycles. The summed E-state index contributed by atoms with van der Waals surface area (Å²) in [6, 6.07) is 49.4. The minimum absolute atomic E-state index is 0.0431. The Kier molecular flexibility index (Phi) is 19.0. The van der Waals surface area contributed by atoms with Gasteiger partial charge >= 0.3 is 5.97 Å². The van der Waals surface area contributed by atoms with Gasteiger partial charge in [0.1, 0.15) is 35.8 Å². The van der Waals surface area contributed by atoms with Crippen molar-refractivity contribution in [3.05, 3.63) is 182 Å². The molecule has 0 saturated carbocycles. The smallest absolute Gasteiger partial charge is 0.305 e. The standard InChI is InChI=1S/C68H84O11SSi2/c1-11-46(2)41-47(3)37-39-57-48(4)42-50(74-57)43-60(80(72,73)51-27-17-12-18-28-51)56(69)45-59-63(78-81(67(5,6)7,52-29-19-13-20-30-52)53-31-21-14-22-32-53)64-65(77-59)66(62-58(76-64)40-38-49(75-62)44-61(70)71)79-82(68(8,9)10,54-33-23-15-24-34-54)55-35-25-16-26-36-55/h12-36,47,49-50,57-60,62-66H,1,4,37-45H2,2-3,5-10H3,(H,70,71)/t47-,49+,50?,57-,58-,59+,60?,62-,63-,64-,65?,66-/m0/s1. The summed E-state index contributed by atoms with van der Waals surface area (Å²) >= 11 is 0. The molecule has 4 heterocycles. The number of hydrogen-bond donors (Lipinski definition) is 1. The molecule has 11 nitrogen and oxygen atoms in total. The molecule has 9 rings (SSSR count). The lowest BCUT2D eigenvalue weighted by atomic mass is 9.87. The lowest BCUT2D eigenvalue weighted by Gasteiger charge is -2.53. The second-order valence-corrected chi connectivity index (χ2v) is 36.0. The number of Topliss-reactive ketones (excluding diaryl/α,β-unsaturated/α-hetero) is 1. The summed E-state index contributed by atoms with van der Waals surface area (Å²) < 4.78 is 75.5. The van der Waals surface area contributed by atoms with Crippen LogP contribution >= 0.6 is 0 Å². The summed E-state index contributed by atoms with van der Waals surface area (Å²) in [7, 11) is -11.3. The molecule has 0 bridgehead atoms. The highest BCUT2D eigenvalue weighted by molar-refractivity contribution is 7.92. The molecule has 0 aromatic heterocycles. The molecular formula is C68H84O11SSi2. The molecule has 4 aliphatic rings. The van der Waals surface area contributed by atoms with Crippen LogP contribution in [-0.4, -0.2) is 108 Å². The van der Waals surface area contributed by atoms with E-state index in [0.717, 1.165) is 44.7 Å². The van der Waals surface area contributed by atoms with Crippen LogP contribution in [0.4, 0.5) is 0 Å². The predicted molar refractivity (Wildman–Crippen MR) is 328 cm³/mol. The second-order valence-electron chi connectivity index (χ2n) is 25.4. The van der Waals surface area contributed by atoms with Crippen molar-refractivity contribution >= 4 is 59.0 Å². The maximum absolute atomic E-state index is 15.9. The van der Waals surface area contributed by atoms with Crippen LogP contribution in [0.3, 0.4) is 0 Å². The van der Waals surface area contributed by atoms with Gasteiger partial charge in [-0.1, -0.05) is 201 Å². The SMILES string of the molecule is C=C=C(C)C[C@@H](C)CC[C@@H]1OC(CC(C(=O)C[C@H]2OC3[C@@H](O[C@H]4CC[C@H](CC(=O)O)O[C@@H]4[C@@H]3O[Si](c3ccccc3)(c3ccccc3)C(C)(C)C)[C@H]2O[Si](c2ccccc2)(c2ccccc2)C(C)(C)C)S(=O)(=O)c2ccccc2)CC1=C. The number of ketones is 1. The molecule has 4 saturated heterocycles. The van der Waals surface area contributed by atoms with E-state index in [0.29, 0.717) is 31.6 Å². The normalized spacial score (nSPS) is 25.8. The number of carbonyl (C=O) groups is 2. The van der Waals surface area contributed by atoms with Gasteiger partial charge in [0.25, 0.3) is 16.6 Å². The van der Waals surface area contributed by atoms with Gasteiger partial charge in [-0.3, -0.25) is 9.59 Å². The Morgan fingerprint density at radius 3 is 1.61 bits per heavy atom. The Bertz CT molecular complexity index is 3060. The van der Waals surface area contributed by atoms with Gasteiger partial charge in [0.05, 0.1) is 41.8 Å². The van der Waals surface area contributed by atoms with E-state index in [-0.39, 0.29) is 30.3 Å². The van der Waals surface area contributed by atoms with E-state index in [1.165, 1.54) is 0 Å². The Balaban J connectivity index is 1.18. The maximum atomic E-state index is 15.9. The van der Waals surface area contributed by atoms with E-state index in [4.69, 9.17) is 27.8 Å². The van der Waals surface area contributed by atoms with Crippen LogP contribution in [0.1, 0.15) is 113 Å². The van der Waals surface area contributed by atoms with Crippen LogP contribution in [0.25, 0.3) is 0 Å². The van der Waals surface area contributed by atoms with Gasteiger partial charge < -0.3 is 32.9 Å². The first kappa shape index (κ1) is 61.2.